The molecule has 0 radical (unpaired) electrons. The number of aromatic nitrogens is 2. The number of benzene rings is 1. The van der Waals surface area contributed by atoms with E-state index < -0.39 is 29.5 Å². The minimum Gasteiger partial charge on any atom is -0.483 e. The molecule has 2 heterocycles. The van der Waals surface area contributed by atoms with Gasteiger partial charge < -0.3 is 14.5 Å². The van der Waals surface area contributed by atoms with E-state index in [0.717, 1.165) is 22.9 Å². The van der Waals surface area contributed by atoms with Gasteiger partial charge in [-0.25, -0.2) is 13.2 Å². The van der Waals surface area contributed by atoms with Gasteiger partial charge in [-0.2, -0.15) is 14.8 Å². The van der Waals surface area contributed by atoms with Crippen LogP contribution in [0.3, 0.4) is 0 Å². The van der Waals surface area contributed by atoms with Crippen molar-refractivity contribution in [1.82, 2.24) is 14.8 Å². The maximum atomic E-state index is 13.7. The zero-order valence-electron chi connectivity index (χ0n) is 16.6. The monoisotopic (exact) mass is 424 g/mol. The Morgan fingerprint density at radius 3 is 2.37 bits per heavy atom. The standard InChI is InChI=1S/C20H23F3N4O3/c1-29-26-6-4-25(5-7-26)18-12-24-27(16-9-14(22)8-15(23)10-16)20(28)19(18)30-17-3-2-13(21)11-17/h8-10,12-13,17H,2-7,11H2,1H3. The summed E-state index contributed by atoms with van der Waals surface area (Å²) in [7, 11) is 1.60. The van der Waals surface area contributed by atoms with Crippen molar-refractivity contribution in [2.24, 2.45) is 0 Å². The van der Waals surface area contributed by atoms with Crippen molar-refractivity contribution in [3.05, 3.63) is 46.4 Å². The summed E-state index contributed by atoms with van der Waals surface area (Å²) in [5.41, 5.74) is -0.215. The third-order valence-corrected chi connectivity index (χ3v) is 5.45. The molecule has 0 N–H and O–H groups in total. The first kappa shape index (κ1) is 20.7. The van der Waals surface area contributed by atoms with E-state index >= 15 is 0 Å². The van der Waals surface area contributed by atoms with Crippen LogP contribution in [0.2, 0.25) is 0 Å². The molecule has 4 rings (SSSR count). The number of hydrogen-bond donors (Lipinski definition) is 0. The van der Waals surface area contributed by atoms with Crippen molar-refractivity contribution in [2.45, 2.75) is 31.5 Å². The van der Waals surface area contributed by atoms with Crippen LogP contribution in [0.25, 0.3) is 5.69 Å². The number of hydroxylamine groups is 2. The summed E-state index contributed by atoms with van der Waals surface area (Å²) in [6.07, 6.45) is 1.11. The van der Waals surface area contributed by atoms with E-state index in [4.69, 9.17) is 9.57 Å². The smallest absolute Gasteiger partial charge is 0.316 e. The Labute approximate surface area is 171 Å². The van der Waals surface area contributed by atoms with Gasteiger partial charge >= 0.3 is 5.56 Å². The highest BCUT2D eigenvalue weighted by atomic mass is 19.1. The van der Waals surface area contributed by atoms with Gasteiger partial charge in [0.2, 0.25) is 5.75 Å². The lowest BCUT2D eigenvalue weighted by molar-refractivity contribution is -0.133. The van der Waals surface area contributed by atoms with E-state index in [1.54, 1.807) is 12.2 Å². The molecule has 1 saturated heterocycles. The number of piperazine rings is 1. The van der Waals surface area contributed by atoms with E-state index in [1.165, 1.54) is 6.20 Å². The van der Waals surface area contributed by atoms with Crippen molar-refractivity contribution in [3.8, 4) is 11.4 Å². The van der Waals surface area contributed by atoms with Crippen LogP contribution >= 0.6 is 0 Å². The second-order valence-corrected chi connectivity index (χ2v) is 7.45. The van der Waals surface area contributed by atoms with Crippen molar-refractivity contribution in [2.75, 3.05) is 38.2 Å². The zero-order chi connectivity index (χ0) is 21.3. The minimum atomic E-state index is -0.968. The molecule has 0 spiro atoms. The second-order valence-electron chi connectivity index (χ2n) is 7.45. The molecule has 10 heteroatoms. The number of nitrogens with zero attached hydrogens (tertiary/aromatic N) is 4. The van der Waals surface area contributed by atoms with Crippen molar-refractivity contribution >= 4 is 5.69 Å². The molecule has 1 aromatic carbocycles. The molecule has 2 atom stereocenters. The quantitative estimate of drug-likeness (QED) is 0.735. The molecule has 1 aliphatic heterocycles. The number of hydrogen-bond acceptors (Lipinski definition) is 6. The fourth-order valence-electron chi connectivity index (χ4n) is 3.88. The SMILES string of the molecule is CON1CCN(c2cnn(-c3cc(F)cc(F)c3)c(=O)c2OC2CCC(F)C2)CC1. The van der Waals surface area contributed by atoms with Crippen LogP contribution in [0.5, 0.6) is 5.75 Å². The van der Waals surface area contributed by atoms with Crippen LogP contribution in [-0.4, -0.2) is 60.4 Å². The van der Waals surface area contributed by atoms with Crippen LogP contribution in [0.15, 0.2) is 29.2 Å². The number of halogens is 3. The third kappa shape index (κ3) is 4.29. The first-order valence-corrected chi connectivity index (χ1v) is 9.88. The number of alkyl halides is 1. The summed E-state index contributed by atoms with van der Waals surface area (Å²) >= 11 is 0. The van der Waals surface area contributed by atoms with E-state index in [1.807, 2.05) is 4.90 Å². The second kappa shape index (κ2) is 8.65. The number of anilines is 1. The Bertz CT molecular complexity index is 943. The lowest BCUT2D eigenvalue weighted by atomic mass is 10.2. The molecular weight excluding hydrogens is 401 g/mol. The molecule has 7 nitrogen and oxygen atoms in total. The lowest BCUT2D eigenvalue weighted by Crippen LogP contribution is -2.46. The topological polar surface area (TPSA) is 59.8 Å². The average molecular weight is 424 g/mol. The molecule has 0 bridgehead atoms. The number of rotatable bonds is 5. The van der Waals surface area contributed by atoms with Gasteiger partial charge in [0.15, 0.2) is 0 Å². The maximum absolute atomic E-state index is 13.7. The predicted octanol–water partition coefficient (Wildman–Crippen LogP) is 2.46. The Kier molecular flexibility index (Phi) is 5.96. The van der Waals surface area contributed by atoms with Gasteiger partial charge in [-0.1, -0.05) is 0 Å². The first-order valence-electron chi connectivity index (χ1n) is 9.88. The number of ether oxygens (including phenoxy) is 1. The van der Waals surface area contributed by atoms with E-state index in [9.17, 15) is 18.0 Å². The molecule has 2 unspecified atom stereocenters. The van der Waals surface area contributed by atoms with Crippen LogP contribution in [-0.2, 0) is 4.84 Å². The average Bonchev–Trinajstić information content (AvgIpc) is 3.13. The van der Waals surface area contributed by atoms with Gasteiger partial charge in [0.25, 0.3) is 0 Å². The molecule has 30 heavy (non-hydrogen) atoms. The van der Waals surface area contributed by atoms with E-state index in [-0.39, 0.29) is 17.9 Å². The Morgan fingerprint density at radius 2 is 1.77 bits per heavy atom. The Balaban J connectivity index is 1.72. The van der Waals surface area contributed by atoms with E-state index in [0.29, 0.717) is 44.7 Å². The van der Waals surface area contributed by atoms with Gasteiger partial charge in [0, 0.05) is 38.7 Å². The zero-order valence-corrected chi connectivity index (χ0v) is 16.6. The first-order chi connectivity index (χ1) is 14.4. The minimum absolute atomic E-state index is 0.0136. The van der Waals surface area contributed by atoms with Crippen LogP contribution in [0.1, 0.15) is 19.3 Å². The van der Waals surface area contributed by atoms with E-state index in [2.05, 4.69) is 5.10 Å². The molecule has 1 aliphatic carbocycles. The molecule has 2 aromatic rings. The molecule has 162 valence electrons. The summed E-state index contributed by atoms with van der Waals surface area (Å²) in [6, 6.07) is 2.76. The molecule has 1 aromatic heterocycles. The summed E-state index contributed by atoms with van der Waals surface area (Å²) in [6.45, 7) is 2.37. The third-order valence-electron chi connectivity index (χ3n) is 5.45. The fraction of sp³-hybridized carbons (Fsp3) is 0.500. The van der Waals surface area contributed by atoms with Crippen LogP contribution in [0.4, 0.5) is 18.9 Å². The summed E-state index contributed by atoms with van der Waals surface area (Å²) in [5.74, 6) is -1.63. The lowest BCUT2D eigenvalue weighted by Gasteiger charge is -2.35. The summed E-state index contributed by atoms with van der Waals surface area (Å²) in [5, 5.41) is 5.92. The Morgan fingerprint density at radius 1 is 1.07 bits per heavy atom. The largest absolute Gasteiger partial charge is 0.483 e. The van der Waals surface area contributed by atoms with Gasteiger partial charge in [0.1, 0.15) is 29.6 Å². The molecule has 1 saturated carbocycles. The van der Waals surface area contributed by atoms with Gasteiger partial charge in [0.05, 0.1) is 19.0 Å². The highest BCUT2D eigenvalue weighted by Gasteiger charge is 2.30. The van der Waals surface area contributed by atoms with Gasteiger partial charge in [-0.15, -0.1) is 0 Å². The Hall–Kier alpha value is -2.59. The van der Waals surface area contributed by atoms with Crippen molar-refractivity contribution in [1.29, 1.82) is 0 Å². The van der Waals surface area contributed by atoms with Crippen LogP contribution in [0, 0.1) is 11.6 Å². The van der Waals surface area contributed by atoms with Crippen molar-refractivity contribution < 1.29 is 22.7 Å². The highest BCUT2D eigenvalue weighted by molar-refractivity contribution is 5.57. The normalized spacial score (nSPS) is 22.5. The van der Waals surface area contributed by atoms with Gasteiger partial charge in [-0.05, 0) is 25.0 Å². The fourth-order valence-corrected chi connectivity index (χ4v) is 3.88. The molecule has 2 fully saturated rings. The van der Waals surface area contributed by atoms with Crippen LogP contribution < -0.4 is 15.2 Å². The summed E-state index contributed by atoms with van der Waals surface area (Å²) in [4.78, 5) is 20.4. The van der Waals surface area contributed by atoms with Gasteiger partial charge in [-0.3, -0.25) is 4.79 Å². The summed E-state index contributed by atoms with van der Waals surface area (Å²) < 4.78 is 47.9. The maximum Gasteiger partial charge on any atom is 0.316 e. The highest BCUT2D eigenvalue weighted by Crippen LogP contribution is 2.31. The molecule has 0 amide bonds. The molecule has 2 aliphatic rings. The predicted molar refractivity (Wildman–Crippen MR) is 104 cm³/mol. The molecular formula is C20H23F3N4O3. The van der Waals surface area contributed by atoms with Crippen molar-refractivity contribution in [3.63, 3.8) is 0 Å².